The molecule has 0 amide bonds. The molecule has 5 aromatic rings. The molecule has 0 atom stereocenters. The molecule has 0 fully saturated rings. The predicted molar refractivity (Wildman–Crippen MR) is 147 cm³/mol. The summed E-state index contributed by atoms with van der Waals surface area (Å²) in [6.07, 6.45) is 12.5. The summed E-state index contributed by atoms with van der Waals surface area (Å²) in [5.74, 6) is 0. The van der Waals surface area contributed by atoms with Gasteiger partial charge in [0.2, 0.25) is 0 Å². The highest BCUT2D eigenvalue weighted by molar-refractivity contribution is 5.95. The van der Waals surface area contributed by atoms with Crippen LogP contribution in [0.15, 0.2) is 49.3 Å². The summed E-state index contributed by atoms with van der Waals surface area (Å²) in [5, 5.41) is 24.6. The number of hydrogen-bond donors (Lipinski definition) is 4. The van der Waals surface area contributed by atoms with Crippen LogP contribution in [0.5, 0.6) is 0 Å². The average Bonchev–Trinajstić information content (AvgIpc) is 3.74. The van der Waals surface area contributed by atoms with Crippen LogP contribution in [-0.2, 0) is 0 Å². The molecule has 0 aliphatic carbocycles. The summed E-state index contributed by atoms with van der Waals surface area (Å²) in [5.41, 5.74) is 4.31. The van der Waals surface area contributed by atoms with E-state index in [0.29, 0.717) is 44.9 Å². The standard InChI is InChI=1S/C26H16N10O4/c37-35(38)25-17-5-1-13(31-17)23(21-9-27-11-29-21)14-2-6-19(32-14)26(36(39)40)20-8-4-16(34-20)24(22-10-28-12-30-22)15-3-7-18(25)33-15/h1-12,31,33H,(H,27,29)(H,28,30). The lowest BCUT2D eigenvalue weighted by atomic mass is 10.1. The van der Waals surface area contributed by atoms with Crippen molar-refractivity contribution in [1.82, 2.24) is 39.9 Å². The highest BCUT2D eigenvalue weighted by atomic mass is 16.6. The third-order valence-electron chi connectivity index (χ3n) is 6.60. The van der Waals surface area contributed by atoms with E-state index in [1.54, 1.807) is 61.0 Å². The molecule has 14 nitrogen and oxygen atoms in total. The summed E-state index contributed by atoms with van der Waals surface area (Å²) >= 11 is 0. The van der Waals surface area contributed by atoms with E-state index in [1.165, 1.54) is 12.7 Å². The molecule has 0 radical (unpaired) electrons. The minimum absolute atomic E-state index is 0.114. The molecular weight excluding hydrogens is 516 g/mol. The van der Waals surface area contributed by atoms with Gasteiger partial charge in [0.15, 0.2) is 0 Å². The third kappa shape index (κ3) is 3.59. The molecule has 0 unspecified atom stereocenters. The molecule has 4 N–H and O–H groups in total. The maximum atomic E-state index is 12.3. The number of aromatic nitrogens is 8. The van der Waals surface area contributed by atoms with Gasteiger partial charge < -0.3 is 19.9 Å². The van der Waals surface area contributed by atoms with Gasteiger partial charge in [-0.2, -0.15) is 0 Å². The lowest BCUT2D eigenvalue weighted by Crippen LogP contribution is -1.95. The van der Waals surface area contributed by atoms with Crippen LogP contribution >= 0.6 is 0 Å². The fourth-order valence-corrected chi connectivity index (χ4v) is 4.91. The monoisotopic (exact) mass is 532 g/mol. The molecule has 14 heteroatoms. The van der Waals surface area contributed by atoms with Gasteiger partial charge in [0.05, 0.1) is 68.7 Å². The third-order valence-corrected chi connectivity index (χ3v) is 6.60. The molecule has 2 aliphatic rings. The molecule has 0 saturated carbocycles. The van der Waals surface area contributed by atoms with E-state index in [2.05, 4.69) is 39.9 Å². The fraction of sp³-hybridized carbons (Fsp3) is 0. The maximum absolute atomic E-state index is 12.3. The van der Waals surface area contributed by atoms with Gasteiger partial charge in [0.1, 0.15) is 22.4 Å². The Balaban J connectivity index is 1.70. The van der Waals surface area contributed by atoms with Crippen LogP contribution in [0.4, 0.5) is 11.4 Å². The highest BCUT2D eigenvalue weighted by Crippen LogP contribution is 2.36. The van der Waals surface area contributed by atoms with Crippen LogP contribution in [0.3, 0.4) is 0 Å². The molecule has 5 aromatic heterocycles. The highest BCUT2D eigenvalue weighted by Gasteiger charge is 2.25. The molecule has 2 aliphatic heterocycles. The van der Waals surface area contributed by atoms with E-state index in [0.717, 1.165) is 0 Å². The van der Waals surface area contributed by atoms with Gasteiger partial charge in [-0.15, -0.1) is 0 Å². The van der Waals surface area contributed by atoms with Crippen LogP contribution in [0.2, 0.25) is 0 Å². The first-order valence-electron chi connectivity index (χ1n) is 11.9. The van der Waals surface area contributed by atoms with Crippen LogP contribution in [-0.4, -0.2) is 49.7 Å². The van der Waals surface area contributed by atoms with E-state index < -0.39 is 9.85 Å². The topological polar surface area (TPSA) is 201 Å². The predicted octanol–water partition coefficient (Wildman–Crippen LogP) is 5.25. The Bertz CT molecular complexity index is 1930. The lowest BCUT2D eigenvalue weighted by molar-refractivity contribution is -0.385. The number of nitrogens with one attached hydrogen (secondary N) is 4. The number of fused-ring (bicyclic) bond motifs is 8. The molecule has 7 heterocycles. The Labute approximate surface area is 222 Å². The van der Waals surface area contributed by atoms with Crippen molar-refractivity contribution < 1.29 is 9.85 Å². The molecule has 7 rings (SSSR count). The van der Waals surface area contributed by atoms with Crippen molar-refractivity contribution >= 4 is 57.7 Å². The smallest absolute Gasteiger partial charge is 0.320 e. The molecule has 0 saturated heterocycles. The minimum atomic E-state index is -0.509. The van der Waals surface area contributed by atoms with Gasteiger partial charge in [0.25, 0.3) is 0 Å². The maximum Gasteiger partial charge on any atom is 0.320 e. The molecule has 194 valence electrons. The number of H-pyrrole nitrogens is 4. The van der Waals surface area contributed by atoms with Crippen molar-refractivity contribution in [3.8, 4) is 22.5 Å². The summed E-state index contributed by atoms with van der Waals surface area (Å²) in [4.78, 5) is 53.3. The quantitative estimate of drug-likeness (QED) is 0.174. The number of imidazole rings is 2. The summed E-state index contributed by atoms with van der Waals surface area (Å²) in [6, 6.07) is 6.59. The Kier molecular flexibility index (Phi) is 4.99. The second kappa shape index (κ2) is 8.70. The van der Waals surface area contributed by atoms with Crippen LogP contribution < -0.4 is 0 Å². The van der Waals surface area contributed by atoms with Crippen molar-refractivity contribution in [2.24, 2.45) is 0 Å². The molecule has 0 aromatic carbocycles. The first kappa shape index (κ1) is 23.0. The van der Waals surface area contributed by atoms with Crippen molar-refractivity contribution in [3.63, 3.8) is 0 Å². The van der Waals surface area contributed by atoms with E-state index >= 15 is 0 Å². The van der Waals surface area contributed by atoms with Crippen molar-refractivity contribution in [1.29, 1.82) is 0 Å². The van der Waals surface area contributed by atoms with Crippen LogP contribution in [0.25, 0.3) is 68.9 Å². The number of nitro groups is 2. The summed E-state index contributed by atoms with van der Waals surface area (Å²) < 4.78 is 0. The van der Waals surface area contributed by atoms with Gasteiger partial charge in [0, 0.05) is 11.1 Å². The van der Waals surface area contributed by atoms with Crippen molar-refractivity contribution in [2.45, 2.75) is 0 Å². The number of hydrogen-bond acceptors (Lipinski definition) is 8. The van der Waals surface area contributed by atoms with E-state index in [-0.39, 0.29) is 33.8 Å². The summed E-state index contributed by atoms with van der Waals surface area (Å²) in [6.45, 7) is 0. The summed E-state index contributed by atoms with van der Waals surface area (Å²) in [7, 11) is 0. The number of aromatic amines is 4. The first-order valence-corrected chi connectivity index (χ1v) is 11.9. The second-order valence-electron chi connectivity index (χ2n) is 8.89. The SMILES string of the molecule is O=[N+]([O-])c1c2nc(c(-c3cnc[nH]3)c3ccc([nH]3)c([N+](=O)[O-])c3ccc([nH]3)c(-c3cnc[nH]3)c3nc1C=C3)C=C2. The average molecular weight is 532 g/mol. The Morgan fingerprint density at radius 3 is 1.40 bits per heavy atom. The molecular formula is C26H16N10O4. The zero-order chi connectivity index (χ0) is 27.4. The number of nitrogens with zero attached hydrogens (tertiary/aromatic N) is 6. The van der Waals surface area contributed by atoms with E-state index in [1.807, 2.05) is 0 Å². The van der Waals surface area contributed by atoms with Crippen LogP contribution in [0.1, 0.15) is 22.8 Å². The first-order chi connectivity index (χ1) is 19.5. The van der Waals surface area contributed by atoms with Gasteiger partial charge in [-0.25, -0.2) is 19.9 Å². The van der Waals surface area contributed by atoms with Gasteiger partial charge >= 0.3 is 11.4 Å². The number of rotatable bonds is 4. The molecule has 40 heavy (non-hydrogen) atoms. The largest absolute Gasteiger partial charge is 0.349 e. The zero-order valence-corrected chi connectivity index (χ0v) is 20.2. The Morgan fingerprint density at radius 2 is 1.00 bits per heavy atom. The van der Waals surface area contributed by atoms with Gasteiger partial charge in [-0.3, -0.25) is 20.2 Å². The van der Waals surface area contributed by atoms with Gasteiger partial charge in [-0.1, -0.05) is 0 Å². The van der Waals surface area contributed by atoms with Crippen LogP contribution in [0, 0.1) is 20.2 Å². The molecule has 8 bridgehead atoms. The fourth-order valence-electron chi connectivity index (χ4n) is 4.91. The minimum Gasteiger partial charge on any atom is -0.349 e. The van der Waals surface area contributed by atoms with Crippen molar-refractivity contribution in [3.05, 3.63) is 92.3 Å². The Hall–Kier alpha value is -6.18. The Morgan fingerprint density at radius 1 is 0.575 bits per heavy atom. The van der Waals surface area contributed by atoms with E-state index in [4.69, 9.17) is 0 Å². The normalized spacial score (nSPS) is 12.2. The van der Waals surface area contributed by atoms with Gasteiger partial charge in [-0.05, 0) is 48.6 Å². The van der Waals surface area contributed by atoms with Crippen molar-refractivity contribution in [2.75, 3.05) is 0 Å². The zero-order valence-electron chi connectivity index (χ0n) is 20.2. The molecule has 0 spiro atoms. The van der Waals surface area contributed by atoms with E-state index in [9.17, 15) is 20.2 Å². The lowest BCUT2D eigenvalue weighted by Gasteiger charge is -2.00. The second-order valence-corrected chi connectivity index (χ2v) is 8.89.